The lowest BCUT2D eigenvalue weighted by Gasteiger charge is -2.32. The van der Waals surface area contributed by atoms with Crippen LogP contribution < -0.4 is 14.8 Å². The Morgan fingerprint density at radius 3 is 2.57 bits per heavy atom. The van der Waals surface area contributed by atoms with Gasteiger partial charge in [0.05, 0.1) is 40.7 Å². The summed E-state index contributed by atoms with van der Waals surface area (Å²) in [6.45, 7) is 2.94. The topological polar surface area (TPSA) is 120 Å². The van der Waals surface area contributed by atoms with Gasteiger partial charge in [-0.3, -0.25) is 4.79 Å². The average molecular weight is 400 g/mol. The Kier molecular flexibility index (Phi) is 9.46. The lowest BCUT2D eigenvalue weighted by atomic mass is 10.2. The van der Waals surface area contributed by atoms with E-state index in [1.54, 1.807) is 19.2 Å². The van der Waals surface area contributed by atoms with Crippen molar-refractivity contribution in [2.24, 2.45) is 0 Å². The summed E-state index contributed by atoms with van der Waals surface area (Å²) in [4.78, 5) is 26.3. The first-order valence-corrected chi connectivity index (χ1v) is 8.96. The number of aliphatic hydroxyl groups is 1. The van der Waals surface area contributed by atoms with Crippen molar-refractivity contribution >= 4 is 5.91 Å². The number of carbonyl (C=O) groups is 1. The smallest absolute Gasteiger partial charge is 0.294 e. The Morgan fingerprint density at radius 1 is 1.32 bits per heavy atom. The summed E-state index contributed by atoms with van der Waals surface area (Å²) in [7, 11) is 5.41. The van der Waals surface area contributed by atoms with Gasteiger partial charge in [-0.15, -0.1) is 10.1 Å². The number of nitrogens with zero attached hydrogens (tertiary/aromatic N) is 2. The molecule has 0 fully saturated rings. The highest BCUT2D eigenvalue weighted by atomic mass is 17.0. The summed E-state index contributed by atoms with van der Waals surface area (Å²) in [5.74, 6) is 0.837. The molecule has 0 radical (unpaired) electrons. The molecule has 2 atom stereocenters. The van der Waals surface area contributed by atoms with Gasteiger partial charge in [-0.2, -0.15) is 0 Å². The van der Waals surface area contributed by atoms with E-state index in [9.17, 15) is 20.0 Å². The van der Waals surface area contributed by atoms with Crippen LogP contribution in [-0.2, 0) is 9.63 Å². The van der Waals surface area contributed by atoms with Gasteiger partial charge in [-0.05, 0) is 19.1 Å². The van der Waals surface area contributed by atoms with Crippen molar-refractivity contribution in [2.75, 3.05) is 47.4 Å². The Labute approximate surface area is 164 Å². The van der Waals surface area contributed by atoms with Crippen LogP contribution >= 0.6 is 0 Å². The SMILES string of the molecule is COc1ccccc1OCC(O)C[N+](C)(C)CCNC(=O)CC(C)O[N+](=O)[O-]. The predicted octanol–water partition coefficient (Wildman–Crippen LogP) is 0.614. The molecule has 0 aliphatic heterocycles. The maximum Gasteiger partial charge on any atom is 0.294 e. The number of benzene rings is 1. The molecule has 0 aliphatic rings. The van der Waals surface area contributed by atoms with Gasteiger partial charge in [0, 0.05) is 0 Å². The molecule has 28 heavy (non-hydrogen) atoms. The van der Waals surface area contributed by atoms with Crippen molar-refractivity contribution in [3.63, 3.8) is 0 Å². The number of hydrogen-bond acceptors (Lipinski definition) is 7. The second-order valence-corrected chi connectivity index (χ2v) is 7.15. The third kappa shape index (κ3) is 9.38. The number of hydrogen-bond donors (Lipinski definition) is 2. The molecule has 10 nitrogen and oxygen atoms in total. The second-order valence-electron chi connectivity index (χ2n) is 7.15. The van der Waals surface area contributed by atoms with Gasteiger partial charge < -0.3 is 29.2 Å². The maximum absolute atomic E-state index is 11.8. The molecule has 0 spiro atoms. The first-order valence-electron chi connectivity index (χ1n) is 8.96. The Bertz CT molecular complexity index is 639. The number of ether oxygens (including phenoxy) is 2. The standard InChI is InChI=1S/C18H29N3O7/c1-14(28-20(24)25)11-18(23)19-9-10-21(2,3)12-15(22)13-27-17-8-6-5-7-16(17)26-4/h5-8,14-15,22H,9-13H2,1-4H3/p+1. The number of nitrogens with one attached hydrogen (secondary N) is 1. The highest BCUT2D eigenvalue weighted by Gasteiger charge is 2.22. The van der Waals surface area contributed by atoms with Gasteiger partial charge in [0.1, 0.15) is 25.4 Å². The molecular weight excluding hydrogens is 370 g/mol. The number of quaternary nitrogens is 1. The lowest BCUT2D eigenvalue weighted by molar-refractivity contribution is -0.892. The third-order valence-electron chi connectivity index (χ3n) is 3.98. The molecular formula is C18H30N3O7+. The van der Waals surface area contributed by atoms with Crippen LogP contribution in [-0.4, -0.2) is 80.2 Å². The van der Waals surface area contributed by atoms with Crippen molar-refractivity contribution in [2.45, 2.75) is 25.6 Å². The summed E-state index contributed by atoms with van der Waals surface area (Å²) in [5, 5.41) is 22.3. The number of amides is 1. The summed E-state index contributed by atoms with van der Waals surface area (Å²) in [5.41, 5.74) is 0. The van der Waals surface area contributed by atoms with E-state index in [-0.39, 0.29) is 18.9 Å². The summed E-state index contributed by atoms with van der Waals surface area (Å²) in [6, 6.07) is 7.21. The minimum Gasteiger partial charge on any atom is -0.493 e. The Hall–Kier alpha value is -2.59. The van der Waals surface area contributed by atoms with Gasteiger partial charge in [-0.1, -0.05) is 12.1 Å². The van der Waals surface area contributed by atoms with E-state index in [0.717, 1.165) is 0 Å². The van der Waals surface area contributed by atoms with Gasteiger partial charge in [0.25, 0.3) is 5.09 Å². The second kappa shape index (κ2) is 11.3. The summed E-state index contributed by atoms with van der Waals surface area (Å²) >= 11 is 0. The highest BCUT2D eigenvalue weighted by Crippen LogP contribution is 2.25. The number of aliphatic hydroxyl groups excluding tert-OH is 1. The quantitative estimate of drug-likeness (QED) is 0.283. The Balaban J connectivity index is 2.34. The van der Waals surface area contributed by atoms with Crippen molar-refractivity contribution in [1.29, 1.82) is 0 Å². The van der Waals surface area contributed by atoms with E-state index in [1.165, 1.54) is 6.92 Å². The normalized spacial score (nSPS) is 13.3. The van der Waals surface area contributed by atoms with Crippen LogP contribution in [0.4, 0.5) is 0 Å². The van der Waals surface area contributed by atoms with E-state index in [2.05, 4.69) is 10.2 Å². The summed E-state index contributed by atoms with van der Waals surface area (Å²) in [6.07, 6.45) is -1.60. The van der Waals surface area contributed by atoms with E-state index in [1.807, 2.05) is 26.2 Å². The van der Waals surface area contributed by atoms with Gasteiger partial charge in [-0.25, -0.2) is 0 Å². The average Bonchev–Trinajstić information content (AvgIpc) is 2.58. The molecule has 0 saturated heterocycles. The number of methoxy groups -OCH3 is 1. The van der Waals surface area contributed by atoms with Crippen LogP contribution in [0.25, 0.3) is 0 Å². The van der Waals surface area contributed by atoms with Crippen LogP contribution in [0.2, 0.25) is 0 Å². The van der Waals surface area contributed by atoms with Crippen LogP contribution in [0, 0.1) is 10.1 Å². The van der Waals surface area contributed by atoms with Crippen LogP contribution in [0.1, 0.15) is 13.3 Å². The first kappa shape index (κ1) is 23.4. The largest absolute Gasteiger partial charge is 0.493 e. The molecule has 1 aromatic rings. The highest BCUT2D eigenvalue weighted by molar-refractivity contribution is 5.76. The van der Waals surface area contributed by atoms with Crippen molar-refractivity contribution < 1.29 is 33.8 Å². The lowest BCUT2D eigenvalue weighted by Crippen LogP contribution is -2.50. The molecule has 0 aliphatic carbocycles. The minimum absolute atomic E-state index is 0.0935. The maximum atomic E-state index is 11.8. The molecule has 1 rings (SSSR count). The fraction of sp³-hybridized carbons (Fsp3) is 0.611. The molecule has 0 bridgehead atoms. The van der Waals surface area contributed by atoms with Crippen LogP contribution in [0.5, 0.6) is 11.5 Å². The number of para-hydroxylation sites is 2. The first-order chi connectivity index (χ1) is 13.1. The molecule has 1 aromatic carbocycles. The summed E-state index contributed by atoms with van der Waals surface area (Å²) < 4.78 is 11.3. The zero-order valence-corrected chi connectivity index (χ0v) is 16.8. The number of carbonyl (C=O) groups excluding carboxylic acids is 1. The molecule has 10 heteroatoms. The van der Waals surface area contributed by atoms with Crippen molar-refractivity contribution in [3.8, 4) is 11.5 Å². The fourth-order valence-electron chi connectivity index (χ4n) is 2.65. The molecule has 0 heterocycles. The van der Waals surface area contributed by atoms with Crippen molar-refractivity contribution in [1.82, 2.24) is 5.32 Å². The Morgan fingerprint density at radius 2 is 1.96 bits per heavy atom. The zero-order valence-electron chi connectivity index (χ0n) is 16.8. The molecule has 0 saturated carbocycles. The predicted molar refractivity (Wildman–Crippen MR) is 102 cm³/mol. The van der Waals surface area contributed by atoms with Crippen molar-refractivity contribution in [3.05, 3.63) is 34.4 Å². The molecule has 0 aromatic heterocycles. The van der Waals surface area contributed by atoms with Gasteiger partial charge in [0.15, 0.2) is 11.5 Å². The minimum atomic E-state index is -0.910. The number of likely N-dealkylation sites (N-methyl/N-ethyl adjacent to an activating group) is 1. The monoisotopic (exact) mass is 400 g/mol. The van der Waals surface area contributed by atoms with Gasteiger partial charge in [0.2, 0.25) is 5.91 Å². The molecule has 2 N–H and O–H groups in total. The van der Waals surface area contributed by atoms with Crippen LogP contribution in [0.15, 0.2) is 24.3 Å². The fourth-order valence-corrected chi connectivity index (χ4v) is 2.65. The molecule has 1 amide bonds. The number of rotatable bonds is 13. The molecule has 2 unspecified atom stereocenters. The van der Waals surface area contributed by atoms with E-state index >= 15 is 0 Å². The van der Waals surface area contributed by atoms with Gasteiger partial charge >= 0.3 is 0 Å². The van der Waals surface area contributed by atoms with E-state index in [4.69, 9.17) is 9.47 Å². The van der Waals surface area contributed by atoms with E-state index < -0.39 is 17.3 Å². The third-order valence-corrected chi connectivity index (χ3v) is 3.98. The molecule has 158 valence electrons. The van der Waals surface area contributed by atoms with Crippen LogP contribution in [0.3, 0.4) is 0 Å². The van der Waals surface area contributed by atoms with E-state index in [0.29, 0.717) is 35.6 Å². The zero-order chi connectivity index (χ0) is 21.2.